The summed E-state index contributed by atoms with van der Waals surface area (Å²) in [5, 5.41) is 27.9. The van der Waals surface area contributed by atoms with Crippen LogP contribution in [0.5, 0.6) is 0 Å². The first kappa shape index (κ1) is 31.6. The maximum Gasteiger partial charge on any atom is 0.326 e. The van der Waals surface area contributed by atoms with Gasteiger partial charge in [-0.15, -0.1) is 0 Å². The Hall–Kier alpha value is -3.42. The number of carboxylic acids is 2. The molecule has 0 unspecified atom stereocenters. The van der Waals surface area contributed by atoms with Crippen molar-refractivity contribution in [2.24, 2.45) is 23.3 Å². The summed E-state index contributed by atoms with van der Waals surface area (Å²) in [6, 6.07) is -5.59. The van der Waals surface area contributed by atoms with Crippen LogP contribution in [-0.4, -0.2) is 76.6 Å². The van der Waals surface area contributed by atoms with Gasteiger partial charge in [0, 0.05) is 6.54 Å². The largest absolute Gasteiger partial charge is 0.481 e. The van der Waals surface area contributed by atoms with Gasteiger partial charge in [-0.1, -0.05) is 27.7 Å². The highest BCUT2D eigenvalue weighted by atomic mass is 16.4. The van der Waals surface area contributed by atoms with Gasteiger partial charge < -0.3 is 42.9 Å². The summed E-state index contributed by atoms with van der Waals surface area (Å²) >= 11 is 0. The summed E-state index contributed by atoms with van der Waals surface area (Å²) in [7, 11) is 0. The van der Waals surface area contributed by atoms with Gasteiger partial charge in [-0.05, 0) is 31.1 Å². The Balaban J connectivity index is 5.35. The van der Waals surface area contributed by atoms with Crippen LogP contribution in [0.2, 0.25) is 0 Å². The number of rotatable bonds is 16. The Morgan fingerprint density at radius 1 is 0.829 bits per heavy atom. The zero-order valence-electron chi connectivity index (χ0n) is 20.5. The van der Waals surface area contributed by atoms with E-state index in [4.69, 9.17) is 16.6 Å². The van der Waals surface area contributed by atoms with Gasteiger partial charge in [-0.25, -0.2) is 9.59 Å². The van der Waals surface area contributed by atoms with Gasteiger partial charge >= 0.3 is 18.0 Å². The summed E-state index contributed by atoms with van der Waals surface area (Å²) in [4.78, 5) is 71.1. The zero-order chi connectivity index (χ0) is 27.3. The maximum absolute atomic E-state index is 12.9. The average molecular weight is 503 g/mol. The summed E-state index contributed by atoms with van der Waals surface area (Å²) in [5.74, 6) is -5.29. The smallest absolute Gasteiger partial charge is 0.326 e. The van der Waals surface area contributed by atoms with Gasteiger partial charge in [0.05, 0.1) is 12.5 Å². The molecule has 0 rings (SSSR count). The van der Waals surface area contributed by atoms with Crippen LogP contribution in [-0.2, 0) is 24.0 Å². The molecule has 0 saturated carbocycles. The second kappa shape index (κ2) is 15.5. The molecule has 0 aromatic heterocycles. The Kier molecular flexibility index (Phi) is 14.0. The molecular weight excluding hydrogens is 464 g/mol. The Bertz CT molecular complexity index is 773. The number of carbonyl (C=O) groups is 6. The van der Waals surface area contributed by atoms with Crippen LogP contribution in [0.15, 0.2) is 0 Å². The minimum Gasteiger partial charge on any atom is -0.481 e. The molecule has 0 aliphatic heterocycles. The van der Waals surface area contributed by atoms with Gasteiger partial charge in [-0.2, -0.15) is 0 Å². The molecule has 0 spiro atoms. The lowest BCUT2D eigenvalue weighted by atomic mass is 9.99. The van der Waals surface area contributed by atoms with Crippen LogP contribution in [0.4, 0.5) is 4.79 Å². The van der Waals surface area contributed by atoms with Crippen molar-refractivity contribution in [3.63, 3.8) is 0 Å². The number of nitrogens with two attached hydrogens (primary N) is 2. The van der Waals surface area contributed by atoms with E-state index >= 15 is 0 Å². The third kappa shape index (κ3) is 13.2. The fourth-order valence-electron chi connectivity index (χ4n) is 3.09. The van der Waals surface area contributed by atoms with E-state index in [0.29, 0.717) is 0 Å². The molecule has 4 atom stereocenters. The predicted molar refractivity (Wildman–Crippen MR) is 125 cm³/mol. The van der Waals surface area contributed by atoms with Crippen molar-refractivity contribution >= 4 is 35.7 Å². The van der Waals surface area contributed by atoms with Crippen molar-refractivity contribution in [3.8, 4) is 0 Å². The number of carbonyl (C=O) groups excluding carboxylic acids is 4. The van der Waals surface area contributed by atoms with Gasteiger partial charge in [0.25, 0.3) is 0 Å². The first-order valence-corrected chi connectivity index (χ1v) is 11.3. The zero-order valence-corrected chi connectivity index (χ0v) is 20.5. The molecule has 0 aromatic carbocycles. The summed E-state index contributed by atoms with van der Waals surface area (Å²) < 4.78 is 0. The molecule has 5 amide bonds. The number of urea groups is 1. The molecule has 0 aliphatic carbocycles. The quantitative estimate of drug-likeness (QED) is 0.114. The summed E-state index contributed by atoms with van der Waals surface area (Å²) in [6.07, 6.45) is -0.190. The van der Waals surface area contributed by atoms with Gasteiger partial charge in [0.15, 0.2) is 0 Å². The Morgan fingerprint density at radius 2 is 1.40 bits per heavy atom. The molecule has 0 radical (unpaired) electrons. The fraction of sp³-hybridized carbons (Fsp3) is 0.714. The molecule has 0 aromatic rings. The third-order valence-electron chi connectivity index (χ3n) is 4.90. The van der Waals surface area contributed by atoms with E-state index < -0.39 is 72.2 Å². The van der Waals surface area contributed by atoms with Gasteiger partial charge in [0.2, 0.25) is 17.7 Å². The van der Waals surface area contributed by atoms with Crippen LogP contribution < -0.4 is 32.7 Å². The van der Waals surface area contributed by atoms with E-state index in [1.165, 1.54) is 0 Å². The van der Waals surface area contributed by atoms with E-state index in [0.717, 1.165) is 0 Å². The number of amides is 5. The number of hydrogen-bond donors (Lipinski definition) is 8. The second-order valence-electron chi connectivity index (χ2n) is 8.96. The van der Waals surface area contributed by atoms with E-state index in [9.17, 15) is 33.9 Å². The third-order valence-corrected chi connectivity index (χ3v) is 4.90. The molecule has 35 heavy (non-hydrogen) atoms. The molecule has 0 bridgehead atoms. The van der Waals surface area contributed by atoms with Crippen LogP contribution >= 0.6 is 0 Å². The number of carboxylic acid groups (broad SMARTS) is 2. The number of aliphatic carboxylic acids is 2. The topological polar surface area (TPSA) is 243 Å². The van der Waals surface area contributed by atoms with Crippen molar-refractivity contribution in [3.05, 3.63) is 0 Å². The molecule has 14 heteroatoms. The van der Waals surface area contributed by atoms with Crippen molar-refractivity contribution in [1.29, 1.82) is 0 Å². The van der Waals surface area contributed by atoms with E-state index in [1.807, 2.05) is 0 Å². The molecule has 200 valence electrons. The molecule has 14 nitrogen and oxygen atoms in total. The first-order valence-electron chi connectivity index (χ1n) is 11.3. The van der Waals surface area contributed by atoms with Crippen molar-refractivity contribution < 1.29 is 39.0 Å². The SMILES string of the molecule is CC(C)C[C@H](NC(=O)[C@@H](N)CC(=O)O)C(=O)N[C@H](C(=O)N[C@@H](CCCNC(N)=O)C(=O)O)C(C)C. The molecule has 10 N–H and O–H groups in total. The van der Waals surface area contributed by atoms with E-state index in [2.05, 4.69) is 21.3 Å². The van der Waals surface area contributed by atoms with E-state index in [1.54, 1.807) is 27.7 Å². The fourth-order valence-corrected chi connectivity index (χ4v) is 3.09. The maximum atomic E-state index is 12.9. The standard InChI is InChI=1S/C21H38N6O8/c1-10(2)8-14(26-17(30)12(22)9-15(28)29)18(31)27-16(11(3)4)19(32)25-13(20(33)34)6-5-7-24-21(23)35/h10-14,16H,5-9,22H2,1-4H3,(H,25,32)(H,26,30)(H,27,31)(H,28,29)(H,33,34)(H3,23,24,35)/t12-,13-,14-,16-/m0/s1. The number of primary amides is 1. The van der Waals surface area contributed by atoms with Crippen LogP contribution in [0.25, 0.3) is 0 Å². The Labute approximate surface area is 203 Å². The van der Waals surface area contributed by atoms with Crippen LogP contribution in [0.3, 0.4) is 0 Å². The highest BCUT2D eigenvalue weighted by Crippen LogP contribution is 2.09. The number of nitrogens with one attached hydrogen (secondary N) is 4. The Morgan fingerprint density at radius 3 is 1.86 bits per heavy atom. The average Bonchev–Trinajstić information content (AvgIpc) is 2.71. The van der Waals surface area contributed by atoms with Crippen molar-refractivity contribution in [1.82, 2.24) is 21.3 Å². The molecule has 0 fully saturated rings. The molecule has 0 heterocycles. The van der Waals surface area contributed by atoms with Crippen LogP contribution in [0, 0.1) is 11.8 Å². The first-order chi connectivity index (χ1) is 16.1. The number of hydrogen-bond acceptors (Lipinski definition) is 7. The lowest BCUT2D eigenvalue weighted by molar-refractivity contribution is -0.142. The van der Waals surface area contributed by atoms with Gasteiger partial charge in [0.1, 0.15) is 18.1 Å². The van der Waals surface area contributed by atoms with Gasteiger partial charge in [-0.3, -0.25) is 19.2 Å². The van der Waals surface area contributed by atoms with Crippen molar-refractivity contribution in [2.45, 2.75) is 77.5 Å². The monoisotopic (exact) mass is 502 g/mol. The summed E-state index contributed by atoms with van der Waals surface area (Å²) in [6.45, 7) is 7.04. The normalized spacial score (nSPS) is 14.4. The molecule has 0 aliphatic rings. The predicted octanol–water partition coefficient (Wildman–Crippen LogP) is -1.52. The van der Waals surface area contributed by atoms with Crippen molar-refractivity contribution in [2.75, 3.05) is 6.54 Å². The summed E-state index contributed by atoms with van der Waals surface area (Å²) in [5.41, 5.74) is 10.5. The minimum absolute atomic E-state index is 0.00755. The lowest BCUT2D eigenvalue weighted by Gasteiger charge is -2.27. The van der Waals surface area contributed by atoms with Crippen LogP contribution in [0.1, 0.15) is 53.4 Å². The molecular formula is C21H38N6O8. The molecule has 0 saturated heterocycles. The lowest BCUT2D eigenvalue weighted by Crippen LogP contribution is -2.58. The highest BCUT2D eigenvalue weighted by molar-refractivity contribution is 5.94. The van der Waals surface area contributed by atoms with E-state index in [-0.39, 0.29) is 31.7 Å². The highest BCUT2D eigenvalue weighted by Gasteiger charge is 2.32. The minimum atomic E-state index is -1.36. The second-order valence-corrected chi connectivity index (χ2v) is 8.96.